The van der Waals surface area contributed by atoms with E-state index >= 15 is 0 Å². The maximum atomic E-state index is 6.01. The Bertz CT molecular complexity index is 1090. The molecule has 0 aliphatic rings. The van der Waals surface area contributed by atoms with Crippen LogP contribution in [0.25, 0.3) is 22.4 Å². The Balaban J connectivity index is 1.74. The Hall–Kier alpha value is -2.92. The van der Waals surface area contributed by atoms with Crippen molar-refractivity contribution in [1.29, 1.82) is 0 Å². The molecule has 0 N–H and O–H groups in total. The second kappa shape index (κ2) is 7.14. The zero-order chi connectivity index (χ0) is 17.9. The van der Waals surface area contributed by atoms with Gasteiger partial charge in [-0.2, -0.15) is 5.10 Å². The number of hydrogen-bond acceptors (Lipinski definition) is 4. The third-order valence-electron chi connectivity index (χ3n) is 4.29. The van der Waals surface area contributed by atoms with Crippen molar-refractivity contribution in [3.05, 3.63) is 76.4 Å². The average molecular weight is 361 g/mol. The van der Waals surface area contributed by atoms with Crippen LogP contribution < -0.4 is 4.80 Å². The monoisotopic (exact) mass is 361 g/mol. The second-order valence-corrected chi connectivity index (χ2v) is 6.89. The number of thiazole rings is 1. The summed E-state index contributed by atoms with van der Waals surface area (Å²) < 4.78 is 7.86. The van der Waals surface area contributed by atoms with Gasteiger partial charge < -0.3 is 4.42 Å². The summed E-state index contributed by atoms with van der Waals surface area (Å²) in [6, 6.07) is 20.4. The molecule has 5 heteroatoms. The van der Waals surface area contributed by atoms with E-state index in [0.29, 0.717) is 0 Å². The van der Waals surface area contributed by atoms with Crippen molar-refractivity contribution in [3.8, 4) is 11.5 Å². The molecule has 26 heavy (non-hydrogen) atoms. The minimum absolute atomic E-state index is 0.205. The van der Waals surface area contributed by atoms with Crippen LogP contribution in [0.2, 0.25) is 0 Å². The fourth-order valence-electron chi connectivity index (χ4n) is 2.85. The maximum absolute atomic E-state index is 6.01. The predicted molar refractivity (Wildman–Crippen MR) is 108 cm³/mol. The lowest BCUT2D eigenvalue weighted by Gasteiger charge is -2.06. The zero-order valence-electron chi connectivity index (χ0n) is 14.7. The lowest BCUT2D eigenvalue weighted by atomic mass is 10.0. The van der Waals surface area contributed by atoms with Crippen LogP contribution in [0.15, 0.2) is 80.6 Å². The first-order chi connectivity index (χ1) is 12.8. The molecular weight excluding hydrogens is 342 g/mol. The van der Waals surface area contributed by atoms with Gasteiger partial charge in [0.2, 0.25) is 4.80 Å². The number of para-hydroxylation sites is 1. The summed E-state index contributed by atoms with van der Waals surface area (Å²) >= 11 is 1.55. The van der Waals surface area contributed by atoms with Crippen LogP contribution in [0.5, 0.6) is 0 Å². The number of benzene rings is 2. The van der Waals surface area contributed by atoms with Gasteiger partial charge in [0.05, 0.1) is 0 Å². The van der Waals surface area contributed by atoms with Gasteiger partial charge in [0.15, 0.2) is 5.76 Å². The van der Waals surface area contributed by atoms with E-state index in [9.17, 15) is 0 Å². The highest BCUT2D eigenvalue weighted by molar-refractivity contribution is 7.07. The van der Waals surface area contributed by atoms with Gasteiger partial charge in [0.1, 0.15) is 11.3 Å². The van der Waals surface area contributed by atoms with Crippen molar-refractivity contribution in [1.82, 2.24) is 4.68 Å². The van der Waals surface area contributed by atoms with E-state index in [1.54, 1.807) is 18.4 Å². The molecule has 0 saturated heterocycles. The topological polar surface area (TPSA) is 42.8 Å². The Morgan fingerprint density at radius 3 is 2.62 bits per heavy atom. The summed E-state index contributed by atoms with van der Waals surface area (Å²) in [5.41, 5.74) is 3.01. The largest absolute Gasteiger partial charge is 0.454 e. The zero-order valence-corrected chi connectivity index (χ0v) is 15.5. The Kier molecular flexibility index (Phi) is 4.54. The lowest BCUT2D eigenvalue weighted by molar-refractivity contribution is 0.621. The highest BCUT2D eigenvalue weighted by atomic mass is 32.1. The van der Waals surface area contributed by atoms with Crippen LogP contribution in [0.3, 0.4) is 0 Å². The van der Waals surface area contributed by atoms with Gasteiger partial charge in [0.25, 0.3) is 0 Å². The van der Waals surface area contributed by atoms with Crippen LogP contribution >= 0.6 is 11.3 Å². The van der Waals surface area contributed by atoms with Gasteiger partial charge in [0, 0.05) is 29.9 Å². The number of rotatable bonds is 4. The molecule has 0 saturated carbocycles. The molecule has 0 bridgehead atoms. The van der Waals surface area contributed by atoms with Crippen molar-refractivity contribution in [2.75, 3.05) is 7.05 Å². The molecule has 0 fully saturated rings. The maximum Gasteiger partial charge on any atom is 0.206 e. The lowest BCUT2D eigenvalue weighted by Crippen LogP contribution is -2.12. The molecule has 4 rings (SSSR count). The van der Waals surface area contributed by atoms with Gasteiger partial charge in [-0.3, -0.25) is 4.99 Å². The van der Waals surface area contributed by atoms with E-state index in [1.165, 1.54) is 5.56 Å². The van der Waals surface area contributed by atoms with E-state index in [1.807, 2.05) is 64.8 Å². The van der Waals surface area contributed by atoms with Gasteiger partial charge in [-0.05, 0) is 17.7 Å². The highest BCUT2D eigenvalue weighted by Crippen LogP contribution is 2.28. The van der Waals surface area contributed by atoms with Crippen molar-refractivity contribution in [2.45, 2.75) is 12.8 Å². The van der Waals surface area contributed by atoms with Crippen molar-refractivity contribution in [3.63, 3.8) is 0 Å². The Morgan fingerprint density at radius 1 is 1.08 bits per heavy atom. The number of aromatic nitrogens is 1. The van der Waals surface area contributed by atoms with Crippen LogP contribution in [-0.4, -0.2) is 17.9 Å². The van der Waals surface area contributed by atoms with E-state index in [2.05, 4.69) is 24.0 Å². The van der Waals surface area contributed by atoms with Gasteiger partial charge in [-0.25, -0.2) is 4.68 Å². The summed E-state index contributed by atoms with van der Waals surface area (Å²) in [6.45, 7) is 2.13. The highest BCUT2D eigenvalue weighted by Gasteiger charge is 2.12. The third kappa shape index (κ3) is 3.13. The number of hydrogen-bond donors (Lipinski definition) is 0. The van der Waals surface area contributed by atoms with Crippen molar-refractivity contribution < 1.29 is 4.42 Å². The van der Waals surface area contributed by atoms with Crippen molar-refractivity contribution in [2.24, 2.45) is 10.1 Å². The molecule has 4 nitrogen and oxygen atoms in total. The fraction of sp³-hybridized carbons (Fsp3) is 0.143. The van der Waals surface area contributed by atoms with Crippen LogP contribution in [0.4, 0.5) is 0 Å². The predicted octanol–water partition coefficient (Wildman–Crippen LogP) is 5.13. The van der Waals surface area contributed by atoms with E-state index in [0.717, 1.165) is 27.2 Å². The molecule has 0 aliphatic carbocycles. The van der Waals surface area contributed by atoms with E-state index in [-0.39, 0.29) is 5.92 Å². The molecule has 0 spiro atoms. The molecule has 0 radical (unpaired) electrons. The van der Waals surface area contributed by atoms with Gasteiger partial charge in [-0.15, -0.1) is 11.3 Å². The minimum Gasteiger partial charge on any atom is -0.454 e. The summed E-state index contributed by atoms with van der Waals surface area (Å²) in [5.74, 6) is 0.999. The SMILES string of the molecule is CN=c1scc(-c2cc3ccccc3o2)n1N=CC(C)c1ccccc1. The number of furan rings is 1. The van der Waals surface area contributed by atoms with Crippen LogP contribution in [0.1, 0.15) is 18.4 Å². The van der Waals surface area contributed by atoms with Crippen molar-refractivity contribution >= 4 is 28.5 Å². The number of fused-ring (bicyclic) bond motifs is 1. The summed E-state index contributed by atoms with van der Waals surface area (Å²) in [6.07, 6.45) is 1.95. The van der Waals surface area contributed by atoms with Gasteiger partial charge >= 0.3 is 0 Å². The normalized spacial score (nSPS) is 13.7. The summed E-state index contributed by atoms with van der Waals surface area (Å²) in [5, 5.41) is 7.82. The smallest absolute Gasteiger partial charge is 0.206 e. The second-order valence-electron chi connectivity index (χ2n) is 6.05. The molecule has 2 aromatic carbocycles. The average Bonchev–Trinajstić information content (AvgIpc) is 3.29. The molecule has 0 amide bonds. The van der Waals surface area contributed by atoms with Gasteiger partial charge in [-0.1, -0.05) is 55.5 Å². The summed E-state index contributed by atoms with van der Waals surface area (Å²) in [4.78, 5) is 5.18. The molecular formula is C21H19N3OS. The minimum atomic E-state index is 0.205. The van der Waals surface area contributed by atoms with Crippen LogP contribution in [0, 0.1) is 0 Å². The molecule has 4 aromatic rings. The third-order valence-corrected chi connectivity index (χ3v) is 5.19. The quantitative estimate of drug-likeness (QED) is 0.465. The van der Waals surface area contributed by atoms with E-state index < -0.39 is 0 Å². The molecule has 1 atom stereocenters. The first-order valence-corrected chi connectivity index (χ1v) is 9.36. The molecule has 130 valence electrons. The Labute approximate surface area is 155 Å². The van der Waals surface area contributed by atoms with Crippen LogP contribution in [-0.2, 0) is 0 Å². The van der Waals surface area contributed by atoms with E-state index in [4.69, 9.17) is 9.52 Å². The molecule has 1 unspecified atom stereocenters. The first-order valence-electron chi connectivity index (χ1n) is 8.48. The summed E-state index contributed by atoms with van der Waals surface area (Å²) in [7, 11) is 1.78. The fourth-order valence-corrected chi connectivity index (χ4v) is 3.63. The first kappa shape index (κ1) is 16.5. The number of nitrogens with zero attached hydrogens (tertiary/aromatic N) is 3. The Morgan fingerprint density at radius 2 is 1.85 bits per heavy atom. The molecule has 2 heterocycles. The standard InChI is InChI=1S/C21H19N3OS/c1-15(16-8-4-3-5-9-16)13-23-24-18(14-26-21(24)22-2)20-12-17-10-6-7-11-19(17)25-20/h3-15H,1-2H3. The molecule has 2 aromatic heterocycles. The molecule has 0 aliphatic heterocycles.